The number of fused-ring (bicyclic) bond motifs is 1. The molecule has 0 radical (unpaired) electrons. The summed E-state index contributed by atoms with van der Waals surface area (Å²) in [5.74, 6) is 0.367. The summed E-state index contributed by atoms with van der Waals surface area (Å²) in [5.41, 5.74) is 4.47. The summed E-state index contributed by atoms with van der Waals surface area (Å²) in [6.07, 6.45) is 1.93. The van der Waals surface area contributed by atoms with E-state index in [1.807, 2.05) is 41.7 Å². The number of hydrogen-bond donors (Lipinski definition) is 0. The molecule has 0 bridgehead atoms. The molecule has 4 nitrogen and oxygen atoms in total. The third-order valence-corrected chi connectivity index (χ3v) is 7.46. The van der Waals surface area contributed by atoms with Crippen LogP contribution in [-0.4, -0.2) is 37.2 Å². The van der Waals surface area contributed by atoms with Gasteiger partial charge in [0.1, 0.15) is 12.4 Å². The molecule has 3 aromatic rings. The maximum absolute atomic E-state index is 12.8. The Labute approximate surface area is 199 Å². The van der Waals surface area contributed by atoms with Gasteiger partial charge in [-0.1, -0.05) is 30.3 Å². The smallest absolute Gasteiger partial charge is 0.344 e. The Hall–Kier alpha value is -2.70. The minimum Gasteiger partial charge on any atom is -0.482 e. The van der Waals surface area contributed by atoms with Crippen LogP contribution in [0.5, 0.6) is 5.75 Å². The molecule has 0 N–H and O–H groups in total. The highest BCUT2D eigenvalue weighted by Crippen LogP contribution is 2.35. The van der Waals surface area contributed by atoms with Crippen LogP contribution >= 0.6 is 11.3 Å². The van der Waals surface area contributed by atoms with Crippen LogP contribution in [0.25, 0.3) is 10.4 Å². The van der Waals surface area contributed by atoms with Crippen LogP contribution in [0.4, 0.5) is 4.39 Å². The predicted octanol–water partition coefficient (Wildman–Crippen LogP) is 5.99. The predicted molar refractivity (Wildman–Crippen MR) is 131 cm³/mol. The molecule has 0 amide bonds. The molecular weight excluding hydrogens is 437 g/mol. The molecule has 33 heavy (non-hydrogen) atoms. The van der Waals surface area contributed by atoms with Gasteiger partial charge in [-0.2, -0.15) is 0 Å². The van der Waals surface area contributed by atoms with Gasteiger partial charge in [-0.15, -0.1) is 11.3 Å². The molecule has 0 spiro atoms. The molecular formula is C27H30FNO3S. The molecule has 1 aliphatic heterocycles. The van der Waals surface area contributed by atoms with Crippen molar-refractivity contribution in [2.45, 2.75) is 39.4 Å². The van der Waals surface area contributed by atoms with Crippen LogP contribution in [-0.2, 0) is 29.0 Å². The van der Waals surface area contributed by atoms with Gasteiger partial charge in [0.05, 0.1) is 6.61 Å². The largest absolute Gasteiger partial charge is 0.482 e. The Morgan fingerprint density at radius 3 is 2.55 bits per heavy atom. The van der Waals surface area contributed by atoms with E-state index in [4.69, 9.17) is 9.47 Å². The van der Waals surface area contributed by atoms with Crippen molar-refractivity contribution in [2.24, 2.45) is 0 Å². The van der Waals surface area contributed by atoms with Crippen molar-refractivity contribution in [3.05, 3.63) is 76.2 Å². The Bertz CT molecular complexity index is 1080. The number of hydrogen-bond acceptors (Lipinski definition) is 5. The lowest BCUT2D eigenvalue weighted by molar-refractivity contribution is -0.145. The third-order valence-electron chi connectivity index (χ3n) is 6.16. The van der Waals surface area contributed by atoms with Crippen molar-refractivity contribution in [3.8, 4) is 16.2 Å². The van der Waals surface area contributed by atoms with Crippen molar-refractivity contribution in [3.63, 3.8) is 0 Å². The summed E-state index contributed by atoms with van der Waals surface area (Å²) in [4.78, 5) is 16.6. The van der Waals surface area contributed by atoms with Gasteiger partial charge in [0.15, 0.2) is 6.61 Å². The molecule has 0 saturated heterocycles. The first-order valence-electron chi connectivity index (χ1n) is 11.5. The Morgan fingerprint density at radius 2 is 1.82 bits per heavy atom. The van der Waals surface area contributed by atoms with Gasteiger partial charge in [0.2, 0.25) is 0 Å². The van der Waals surface area contributed by atoms with E-state index in [1.165, 1.54) is 20.9 Å². The van der Waals surface area contributed by atoms with E-state index in [1.54, 1.807) is 6.92 Å². The standard InChI is InChI=1S/C27H30FNO3S/c1-3-31-27(30)18-32-24-9-8-21-12-14-29(15-13-23(21)16-24)19(2)25-10-11-26(33-25)22-6-4-20(17-28)5-7-22/h4-11,16,19H,3,12-15,17-18H2,1-2H3. The maximum atomic E-state index is 12.8. The minimum absolute atomic E-state index is 0.0625. The quantitative estimate of drug-likeness (QED) is 0.382. The highest BCUT2D eigenvalue weighted by Gasteiger charge is 2.21. The van der Waals surface area contributed by atoms with Gasteiger partial charge in [0.25, 0.3) is 0 Å². The Balaban J connectivity index is 1.39. The summed E-state index contributed by atoms with van der Waals surface area (Å²) in [6.45, 7) is 5.89. The van der Waals surface area contributed by atoms with Crippen LogP contribution in [0.15, 0.2) is 54.6 Å². The van der Waals surface area contributed by atoms with Crippen LogP contribution in [0.3, 0.4) is 0 Å². The summed E-state index contributed by atoms with van der Waals surface area (Å²) < 4.78 is 23.4. The van der Waals surface area contributed by atoms with Crippen molar-refractivity contribution < 1.29 is 18.7 Å². The zero-order chi connectivity index (χ0) is 23.2. The van der Waals surface area contributed by atoms with Crippen molar-refractivity contribution in [1.29, 1.82) is 0 Å². The lowest BCUT2D eigenvalue weighted by Crippen LogP contribution is -2.29. The molecule has 2 aromatic carbocycles. The van der Waals surface area contributed by atoms with Crippen LogP contribution < -0.4 is 4.74 Å². The molecule has 2 heterocycles. The van der Waals surface area contributed by atoms with E-state index in [9.17, 15) is 9.18 Å². The average molecular weight is 468 g/mol. The summed E-state index contributed by atoms with van der Waals surface area (Å²) in [5, 5.41) is 0. The monoisotopic (exact) mass is 467 g/mol. The minimum atomic E-state index is -0.427. The van der Waals surface area contributed by atoms with Crippen molar-refractivity contribution >= 4 is 17.3 Å². The third kappa shape index (κ3) is 5.81. The zero-order valence-corrected chi connectivity index (χ0v) is 20.0. The number of thiophene rings is 1. The second-order valence-corrected chi connectivity index (χ2v) is 9.38. The van der Waals surface area contributed by atoms with Crippen LogP contribution in [0.2, 0.25) is 0 Å². The number of rotatable bonds is 8. The molecule has 0 fully saturated rings. The van der Waals surface area contributed by atoms with Gasteiger partial charge in [-0.05, 0) is 73.2 Å². The maximum Gasteiger partial charge on any atom is 0.344 e. The second kappa shape index (κ2) is 10.9. The Morgan fingerprint density at radius 1 is 1.06 bits per heavy atom. The lowest BCUT2D eigenvalue weighted by Gasteiger charge is -2.26. The highest BCUT2D eigenvalue weighted by molar-refractivity contribution is 7.15. The molecule has 1 aliphatic rings. The summed E-state index contributed by atoms with van der Waals surface area (Å²) in [6, 6.07) is 18.5. The molecule has 0 saturated carbocycles. The first-order chi connectivity index (χ1) is 16.1. The number of benzene rings is 2. The van der Waals surface area contributed by atoms with E-state index >= 15 is 0 Å². The summed E-state index contributed by atoms with van der Waals surface area (Å²) >= 11 is 1.81. The molecule has 0 aliphatic carbocycles. The van der Waals surface area contributed by atoms with Gasteiger partial charge >= 0.3 is 5.97 Å². The topological polar surface area (TPSA) is 38.8 Å². The average Bonchev–Trinajstić information content (AvgIpc) is 3.24. The highest BCUT2D eigenvalue weighted by atomic mass is 32.1. The summed E-state index contributed by atoms with van der Waals surface area (Å²) in [7, 11) is 0. The first kappa shape index (κ1) is 23.5. The second-order valence-electron chi connectivity index (χ2n) is 8.27. The van der Waals surface area contributed by atoms with Gasteiger partial charge in [0, 0.05) is 28.9 Å². The number of alkyl halides is 1. The number of halogens is 1. The zero-order valence-electron chi connectivity index (χ0n) is 19.2. The molecule has 1 atom stereocenters. The molecule has 6 heteroatoms. The number of esters is 1. The van der Waals surface area contributed by atoms with E-state index in [-0.39, 0.29) is 12.6 Å². The number of nitrogens with zero attached hydrogens (tertiary/aromatic N) is 1. The first-order valence-corrected chi connectivity index (χ1v) is 12.3. The fraction of sp³-hybridized carbons (Fsp3) is 0.370. The van der Waals surface area contributed by atoms with Gasteiger partial charge in [-0.25, -0.2) is 9.18 Å². The van der Waals surface area contributed by atoms with E-state index in [0.29, 0.717) is 24.0 Å². The normalized spacial score (nSPS) is 14.9. The molecule has 1 unspecified atom stereocenters. The fourth-order valence-electron chi connectivity index (χ4n) is 4.21. The molecule has 174 valence electrons. The number of ether oxygens (including phenoxy) is 2. The van der Waals surface area contributed by atoms with Gasteiger partial charge < -0.3 is 9.47 Å². The van der Waals surface area contributed by atoms with E-state index in [0.717, 1.165) is 31.5 Å². The van der Waals surface area contributed by atoms with Crippen molar-refractivity contribution in [1.82, 2.24) is 4.90 Å². The van der Waals surface area contributed by atoms with E-state index in [2.05, 4.69) is 36.1 Å². The molecule has 1 aromatic heterocycles. The molecule has 4 rings (SSSR count). The van der Waals surface area contributed by atoms with Crippen LogP contribution in [0, 0.1) is 0 Å². The Kier molecular flexibility index (Phi) is 7.78. The fourth-order valence-corrected chi connectivity index (χ4v) is 5.31. The van der Waals surface area contributed by atoms with E-state index < -0.39 is 6.67 Å². The number of carbonyl (C=O) groups excluding carboxylic acids is 1. The van der Waals surface area contributed by atoms with Crippen molar-refractivity contribution in [2.75, 3.05) is 26.3 Å². The lowest BCUT2D eigenvalue weighted by atomic mass is 10.0. The van der Waals surface area contributed by atoms with Gasteiger partial charge in [-0.3, -0.25) is 4.90 Å². The SMILES string of the molecule is CCOC(=O)COc1ccc2c(c1)CCN(C(C)c1ccc(-c3ccc(CF)cc3)s1)CC2. The van der Waals surface area contributed by atoms with Crippen LogP contribution in [0.1, 0.15) is 41.5 Å². The number of carbonyl (C=O) groups is 1.